The van der Waals surface area contributed by atoms with Crippen molar-refractivity contribution in [3.05, 3.63) is 17.0 Å². The normalized spacial score (nSPS) is 15.2. The molecule has 0 unspecified atom stereocenters. The smallest absolute Gasteiger partial charge is 0.191 e. The first-order valence-electron chi connectivity index (χ1n) is 10.1. The second kappa shape index (κ2) is 12.6. The SMILES string of the molecule is CCNC(=NCCCCC1CCCC1)NCCc1c(C)nn(C)c1C.I. The van der Waals surface area contributed by atoms with Crippen LogP contribution in [0.2, 0.25) is 0 Å². The highest BCUT2D eigenvalue weighted by molar-refractivity contribution is 14.0. The molecule has 0 bridgehead atoms. The molecule has 0 spiro atoms. The third-order valence-corrected chi connectivity index (χ3v) is 5.44. The van der Waals surface area contributed by atoms with Crippen molar-refractivity contribution in [1.29, 1.82) is 0 Å². The highest BCUT2D eigenvalue weighted by Crippen LogP contribution is 2.28. The summed E-state index contributed by atoms with van der Waals surface area (Å²) in [4.78, 5) is 4.73. The zero-order valence-corrected chi connectivity index (χ0v) is 19.4. The minimum Gasteiger partial charge on any atom is -0.357 e. The van der Waals surface area contributed by atoms with Gasteiger partial charge in [0.2, 0.25) is 0 Å². The van der Waals surface area contributed by atoms with Gasteiger partial charge in [-0.25, -0.2) is 0 Å². The van der Waals surface area contributed by atoms with Gasteiger partial charge in [-0.2, -0.15) is 5.10 Å². The van der Waals surface area contributed by atoms with Gasteiger partial charge in [-0.05, 0) is 45.1 Å². The molecular weight excluding hydrogens is 437 g/mol. The van der Waals surface area contributed by atoms with Crippen molar-refractivity contribution in [1.82, 2.24) is 20.4 Å². The lowest BCUT2D eigenvalue weighted by atomic mass is 10.0. The summed E-state index contributed by atoms with van der Waals surface area (Å²) in [6.07, 6.45) is 10.7. The Morgan fingerprint density at radius 1 is 1.19 bits per heavy atom. The van der Waals surface area contributed by atoms with Gasteiger partial charge >= 0.3 is 0 Å². The molecule has 150 valence electrons. The van der Waals surface area contributed by atoms with Crippen molar-refractivity contribution >= 4 is 29.9 Å². The molecule has 5 nitrogen and oxygen atoms in total. The van der Waals surface area contributed by atoms with Crippen molar-refractivity contribution < 1.29 is 0 Å². The van der Waals surface area contributed by atoms with E-state index in [1.165, 1.54) is 56.2 Å². The predicted molar refractivity (Wildman–Crippen MR) is 122 cm³/mol. The second-order valence-corrected chi connectivity index (χ2v) is 7.36. The lowest BCUT2D eigenvalue weighted by Gasteiger charge is -2.12. The summed E-state index contributed by atoms with van der Waals surface area (Å²) in [6.45, 7) is 9.06. The van der Waals surface area contributed by atoms with Crippen molar-refractivity contribution in [2.75, 3.05) is 19.6 Å². The first-order chi connectivity index (χ1) is 12.1. The fourth-order valence-electron chi connectivity index (χ4n) is 3.86. The van der Waals surface area contributed by atoms with Gasteiger partial charge in [0, 0.05) is 32.4 Å². The van der Waals surface area contributed by atoms with E-state index in [1.807, 2.05) is 11.7 Å². The molecule has 0 aliphatic heterocycles. The van der Waals surface area contributed by atoms with E-state index in [0.717, 1.165) is 43.6 Å². The zero-order chi connectivity index (χ0) is 18.1. The molecule has 1 aromatic rings. The molecular formula is C20H38IN5. The molecule has 2 N–H and O–H groups in total. The molecule has 0 amide bonds. The molecule has 1 saturated carbocycles. The largest absolute Gasteiger partial charge is 0.357 e. The van der Waals surface area contributed by atoms with E-state index in [-0.39, 0.29) is 24.0 Å². The Hall–Kier alpha value is -0.790. The minimum absolute atomic E-state index is 0. The predicted octanol–water partition coefficient (Wildman–Crippen LogP) is 4.11. The number of aliphatic imine (C=N–C) groups is 1. The molecule has 1 aromatic heterocycles. The van der Waals surface area contributed by atoms with Gasteiger partial charge in [0.1, 0.15) is 0 Å². The number of guanidine groups is 1. The molecule has 1 aliphatic carbocycles. The van der Waals surface area contributed by atoms with Crippen LogP contribution in [-0.4, -0.2) is 35.4 Å². The number of nitrogens with one attached hydrogen (secondary N) is 2. The summed E-state index contributed by atoms with van der Waals surface area (Å²) >= 11 is 0. The first-order valence-corrected chi connectivity index (χ1v) is 10.1. The zero-order valence-electron chi connectivity index (χ0n) is 17.1. The van der Waals surface area contributed by atoms with Gasteiger partial charge in [-0.3, -0.25) is 9.67 Å². The van der Waals surface area contributed by atoms with Crippen molar-refractivity contribution in [3.63, 3.8) is 0 Å². The quantitative estimate of drug-likeness (QED) is 0.245. The van der Waals surface area contributed by atoms with Crippen LogP contribution < -0.4 is 10.6 Å². The Morgan fingerprint density at radius 3 is 2.54 bits per heavy atom. The van der Waals surface area contributed by atoms with Gasteiger partial charge in [-0.15, -0.1) is 24.0 Å². The number of hydrogen-bond acceptors (Lipinski definition) is 2. The van der Waals surface area contributed by atoms with Crippen LogP contribution in [0.3, 0.4) is 0 Å². The summed E-state index contributed by atoms with van der Waals surface area (Å²) in [5.41, 5.74) is 3.74. The molecule has 1 aliphatic rings. The van der Waals surface area contributed by atoms with E-state index in [4.69, 9.17) is 4.99 Å². The number of aromatic nitrogens is 2. The number of halogens is 1. The third-order valence-electron chi connectivity index (χ3n) is 5.44. The average Bonchev–Trinajstić information content (AvgIpc) is 3.18. The number of unbranched alkanes of at least 4 members (excludes halogenated alkanes) is 1. The van der Waals surface area contributed by atoms with Gasteiger partial charge in [0.25, 0.3) is 0 Å². The molecule has 1 fully saturated rings. The van der Waals surface area contributed by atoms with Crippen LogP contribution >= 0.6 is 24.0 Å². The van der Waals surface area contributed by atoms with Crippen LogP contribution in [-0.2, 0) is 13.5 Å². The van der Waals surface area contributed by atoms with Crippen molar-refractivity contribution in [3.8, 4) is 0 Å². The lowest BCUT2D eigenvalue weighted by molar-refractivity contribution is 0.475. The second-order valence-electron chi connectivity index (χ2n) is 7.36. The van der Waals surface area contributed by atoms with E-state index in [1.54, 1.807) is 0 Å². The summed E-state index contributed by atoms with van der Waals surface area (Å²) < 4.78 is 1.97. The van der Waals surface area contributed by atoms with Gasteiger partial charge in [0.15, 0.2) is 5.96 Å². The molecule has 0 aromatic carbocycles. The highest BCUT2D eigenvalue weighted by atomic mass is 127. The summed E-state index contributed by atoms with van der Waals surface area (Å²) in [7, 11) is 2.01. The maximum absolute atomic E-state index is 4.73. The monoisotopic (exact) mass is 475 g/mol. The molecule has 1 heterocycles. The summed E-state index contributed by atoms with van der Waals surface area (Å²) in [5.74, 6) is 1.95. The van der Waals surface area contributed by atoms with Gasteiger partial charge < -0.3 is 10.6 Å². The van der Waals surface area contributed by atoms with E-state index < -0.39 is 0 Å². The number of aryl methyl sites for hydroxylation is 2. The summed E-state index contributed by atoms with van der Waals surface area (Å²) in [5, 5.41) is 11.3. The third kappa shape index (κ3) is 7.45. The van der Waals surface area contributed by atoms with E-state index in [9.17, 15) is 0 Å². The maximum Gasteiger partial charge on any atom is 0.191 e. The van der Waals surface area contributed by atoms with Crippen molar-refractivity contribution in [2.24, 2.45) is 18.0 Å². The van der Waals surface area contributed by atoms with Crippen LogP contribution in [0.15, 0.2) is 4.99 Å². The highest BCUT2D eigenvalue weighted by Gasteiger charge is 2.13. The molecule has 0 atom stereocenters. The molecule has 2 rings (SSSR count). The van der Waals surface area contributed by atoms with Gasteiger partial charge in [-0.1, -0.05) is 38.5 Å². The molecule has 0 radical (unpaired) electrons. The van der Waals surface area contributed by atoms with E-state index in [0.29, 0.717) is 0 Å². The standard InChI is InChI=1S/C20H37N5.HI/c1-5-21-20(22-14-9-8-12-18-10-6-7-11-18)23-15-13-19-16(2)24-25(4)17(19)3;/h18H,5-15H2,1-4H3,(H2,21,22,23);1H. The fraction of sp³-hybridized carbons (Fsp3) is 0.800. The lowest BCUT2D eigenvalue weighted by Crippen LogP contribution is -2.38. The molecule has 0 saturated heterocycles. The van der Waals surface area contributed by atoms with Crippen molar-refractivity contribution in [2.45, 2.75) is 72.1 Å². The number of nitrogens with zero attached hydrogens (tertiary/aromatic N) is 3. The Morgan fingerprint density at radius 2 is 1.92 bits per heavy atom. The van der Waals surface area contributed by atoms with Crippen LogP contribution in [0.5, 0.6) is 0 Å². The minimum atomic E-state index is 0. The Kier molecular flexibility index (Phi) is 11.2. The Bertz CT molecular complexity index is 547. The van der Waals surface area contributed by atoms with Gasteiger partial charge in [0.05, 0.1) is 5.69 Å². The molecule has 26 heavy (non-hydrogen) atoms. The fourth-order valence-corrected chi connectivity index (χ4v) is 3.86. The van der Waals surface area contributed by atoms with Crippen LogP contribution in [0.25, 0.3) is 0 Å². The maximum atomic E-state index is 4.73. The van der Waals surface area contributed by atoms with E-state index in [2.05, 4.69) is 36.5 Å². The average molecular weight is 475 g/mol. The number of hydrogen-bond donors (Lipinski definition) is 2. The Labute approximate surface area is 176 Å². The van der Waals surface area contributed by atoms with Crippen LogP contribution in [0.4, 0.5) is 0 Å². The summed E-state index contributed by atoms with van der Waals surface area (Å²) in [6, 6.07) is 0. The number of rotatable bonds is 9. The van der Waals surface area contributed by atoms with E-state index >= 15 is 0 Å². The Balaban J connectivity index is 0.00000338. The van der Waals surface area contributed by atoms with Crippen LogP contribution in [0.1, 0.15) is 68.8 Å². The van der Waals surface area contributed by atoms with Crippen LogP contribution in [0, 0.1) is 19.8 Å². The topological polar surface area (TPSA) is 54.2 Å². The first kappa shape index (κ1) is 23.2. The molecule has 6 heteroatoms.